The number of hydrogen-bond acceptors (Lipinski definition) is 1. The molecule has 18 heavy (non-hydrogen) atoms. The van der Waals surface area contributed by atoms with Crippen molar-refractivity contribution in [3.8, 4) is 0 Å². The number of aryl methyl sites for hydroxylation is 3. The van der Waals surface area contributed by atoms with E-state index in [0.29, 0.717) is 0 Å². The maximum absolute atomic E-state index is 6.35. The summed E-state index contributed by atoms with van der Waals surface area (Å²) in [7, 11) is 0. The third-order valence-corrected chi connectivity index (χ3v) is 3.58. The first kappa shape index (κ1) is 12.8. The highest BCUT2D eigenvalue weighted by Crippen LogP contribution is 2.23. The van der Waals surface area contributed by atoms with Crippen LogP contribution in [0.1, 0.15) is 33.9 Å². The van der Waals surface area contributed by atoms with Crippen LogP contribution in [0.5, 0.6) is 0 Å². The summed E-state index contributed by atoms with van der Waals surface area (Å²) in [4.78, 5) is 0. The Balaban J connectivity index is 2.24. The number of nitrogens with two attached hydrogens (primary N) is 1. The van der Waals surface area contributed by atoms with Crippen LogP contribution in [0.3, 0.4) is 0 Å². The number of hydrogen-bond donors (Lipinski definition) is 1. The van der Waals surface area contributed by atoms with Crippen molar-refractivity contribution in [2.75, 3.05) is 0 Å². The average Bonchev–Trinajstić information content (AvgIpc) is 2.35. The maximum atomic E-state index is 6.35. The minimum absolute atomic E-state index is 0.0756. The lowest BCUT2D eigenvalue weighted by atomic mass is 9.93. The van der Waals surface area contributed by atoms with Crippen molar-refractivity contribution in [3.05, 3.63) is 70.3 Å². The average molecular weight is 239 g/mol. The van der Waals surface area contributed by atoms with E-state index in [1.807, 2.05) is 6.07 Å². The van der Waals surface area contributed by atoms with Crippen LogP contribution >= 0.6 is 0 Å². The normalized spacial score (nSPS) is 12.4. The van der Waals surface area contributed by atoms with Gasteiger partial charge in [-0.05, 0) is 55.0 Å². The monoisotopic (exact) mass is 239 g/mol. The van der Waals surface area contributed by atoms with E-state index in [9.17, 15) is 0 Å². The zero-order valence-electron chi connectivity index (χ0n) is 11.4. The highest BCUT2D eigenvalue weighted by molar-refractivity contribution is 5.38. The fraction of sp³-hybridized carbons (Fsp3) is 0.294. The van der Waals surface area contributed by atoms with Crippen LogP contribution in [0.15, 0.2) is 42.5 Å². The van der Waals surface area contributed by atoms with Crippen molar-refractivity contribution < 1.29 is 0 Å². The Kier molecular flexibility index (Phi) is 3.83. The molecule has 1 unspecified atom stereocenters. The van der Waals surface area contributed by atoms with Crippen LogP contribution in [0.25, 0.3) is 0 Å². The second kappa shape index (κ2) is 5.36. The smallest absolute Gasteiger partial charge is 0.0338 e. The summed E-state index contributed by atoms with van der Waals surface area (Å²) in [6, 6.07) is 15.0. The van der Waals surface area contributed by atoms with Crippen molar-refractivity contribution in [2.45, 2.75) is 33.2 Å². The number of benzene rings is 2. The van der Waals surface area contributed by atoms with Crippen molar-refractivity contribution in [1.82, 2.24) is 0 Å². The summed E-state index contributed by atoms with van der Waals surface area (Å²) >= 11 is 0. The fourth-order valence-corrected chi connectivity index (χ4v) is 2.36. The Bertz CT molecular complexity index is 529. The van der Waals surface area contributed by atoms with Crippen LogP contribution < -0.4 is 5.73 Å². The molecule has 2 aromatic carbocycles. The van der Waals surface area contributed by atoms with Gasteiger partial charge < -0.3 is 5.73 Å². The largest absolute Gasteiger partial charge is 0.324 e. The molecule has 2 N–H and O–H groups in total. The summed E-state index contributed by atoms with van der Waals surface area (Å²) in [6.07, 6.45) is 0.893. The summed E-state index contributed by atoms with van der Waals surface area (Å²) < 4.78 is 0. The van der Waals surface area contributed by atoms with Crippen molar-refractivity contribution >= 4 is 0 Å². The molecule has 2 aromatic rings. The van der Waals surface area contributed by atoms with E-state index in [-0.39, 0.29) is 6.04 Å². The van der Waals surface area contributed by atoms with Gasteiger partial charge in [0.05, 0.1) is 0 Å². The highest BCUT2D eigenvalue weighted by atomic mass is 14.6. The minimum Gasteiger partial charge on any atom is -0.324 e. The van der Waals surface area contributed by atoms with E-state index < -0.39 is 0 Å². The van der Waals surface area contributed by atoms with E-state index in [4.69, 9.17) is 5.73 Å². The zero-order chi connectivity index (χ0) is 13.1. The van der Waals surface area contributed by atoms with Crippen LogP contribution in [0.4, 0.5) is 0 Å². The van der Waals surface area contributed by atoms with Gasteiger partial charge in [-0.2, -0.15) is 0 Å². The van der Waals surface area contributed by atoms with Crippen LogP contribution in [0, 0.1) is 20.8 Å². The Morgan fingerprint density at radius 1 is 0.889 bits per heavy atom. The SMILES string of the molecule is Cc1cc(C)c(C(N)Cc2ccccc2)cc1C. The van der Waals surface area contributed by atoms with Gasteiger partial charge in [0.25, 0.3) is 0 Å². The lowest BCUT2D eigenvalue weighted by molar-refractivity contribution is 0.715. The minimum atomic E-state index is 0.0756. The Morgan fingerprint density at radius 2 is 1.50 bits per heavy atom. The quantitative estimate of drug-likeness (QED) is 0.865. The predicted molar refractivity (Wildman–Crippen MR) is 77.7 cm³/mol. The van der Waals surface area contributed by atoms with E-state index in [1.165, 1.54) is 27.8 Å². The van der Waals surface area contributed by atoms with Gasteiger partial charge in [-0.1, -0.05) is 42.5 Å². The molecule has 0 aromatic heterocycles. The van der Waals surface area contributed by atoms with Crippen LogP contribution in [-0.4, -0.2) is 0 Å². The van der Waals surface area contributed by atoms with E-state index in [1.54, 1.807) is 0 Å². The summed E-state index contributed by atoms with van der Waals surface area (Å²) in [5.74, 6) is 0. The first-order chi connectivity index (χ1) is 8.58. The molecule has 0 saturated heterocycles. The van der Waals surface area contributed by atoms with Gasteiger partial charge in [0.1, 0.15) is 0 Å². The molecule has 0 amide bonds. The zero-order valence-corrected chi connectivity index (χ0v) is 11.4. The van der Waals surface area contributed by atoms with Crippen molar-refractivity contribution in [3.63, 3.8) is 0 Å². The lowest BCUT2D eigenvalue weighted by Crippen LogP contribution is -2.15. The molecule has 0 aliphatic heterocycles. The molecule has 0 spiro atoms. The number of rotatable bonds is 3. The van der Waals surface area contributed by atoms with Crippen molar-refractivity contribution in [2.24, 2.45) is 5.73 Å². The first-order valence-electron chi connectivity index (χ1n) is 6.45. The van der Waals surface area contributed by atoms with Crippen molar-refractivity contribution in [1.29, 1.82) is 0 Å². The molecule has 0 aliphatic rings. The summed E-state index contributed by atoms with van der Waals surface area (Å²) in [5, 5.41) is 0. The van der Waals surface area contributed by atoms with Crippen LogP contribution in [-0.2, 0) is 6.42 Å². The molecule has 0 heterocycles. The second-order valence-electron chi connectivity index (χ2n) is 5.09. The molecule has 0 bridgehead atoms. The van der Waals surface area contributed by atoms with Gasteiger partial charge in [-0.3, -0.25) is 0 Å². The third kappa shape index (κ3) is 2.80. The molecule has 1 atom stereocenters. The highest BCUT2D eigenvalue weighted by Gasteiger charge is 2.11. The van der Waals surface area contributed by atoms with E-state index in [2.05, 4.69) is 57.2 Å². The molecular formula is C17H21N. The lowest BCUT2D eigenvalue weighted by Gasteiger charge is -2.17. The standard InChI is InChI=1S/C17H21N/c1-12-9-14(3)16(10-13(12)2)17(18)11-15-7-5-4-6-8-15/h4-10,17H,11,18H2,1-3H3. The van der Waals surface area contributed by atoms with E-state index in [0.717, 1.165) is 6.42 Å². The molecule has 1 heteroatoms. The molecule has 2 rings (SSSR count). The van der Waals surface area contributed by atoms with Gasteiger partial charge in [0.2, 0.25) is 0 Å². The molecule has 94 valence electrons. The molecule has 0 fully saturated rings. The van der Waals surface area contributed by atoms with Gasteiger partial charge in [-0.15, -0.1) is 0 Å². The molecular weight excluding hydrogens is 218 g/mol. The summed E-state index contributed by atoms with van der Waals surface area (Å²) in [5.41, 5.74) is 12.9. The third-order valence-electron chi connectivity index (χ3n) is 3.58. The Labute approximate surface area is 110 Å². The molecule has 0 aliphatic carbocycles. The maximum Gasteiger partial charge on any atom is 0.0338 e. The summed E-state index contributed by atoms with van der Waals surface area (Å²) in [6.45, 7) is 6.44. The molecule has 0 radical (unpaired) electrons. The van der Waals surface area contributed by atoms with Gasteiger partial charge in [-0.25, -0.2) is 0 Å². The predicted octanol–water partition coefficient (Wildman–Crippen LogP) is 3.85. The van der Waals surface area contributed by atoms with Gasteiger partial charge in [0, 0.05) is 6.04 Å². The molecule has 1 nitrogen and oxygen atoms in total. The fourth-order valence-electron chi connectivity index (χ4n) is 2.36. The van der Waals surface area contributed by atoms with E-state index >= 15 is 0 Å². The van der Waals surface area contributed by atoms with Gasteiger partial charge >= 0.3 is 0 Å². The Hall–Kier alpha value is -1.60. The second-order valence-corrected chi connectivity index (χ2v) is 5.09. The first-order valence-corrected chi connectivity index (χ1v) is 6.45. The Morgan fingerprint density at radius 3 is 2.17 bits per heavy atom. The van der Waals surface area contributed by atoms with Crippen LogP contribution in [0.2, 0.25) is 0 Å². The molecule has 0 saturated carbocycles. The van der Waals surface area contributed by atoms with Gasteiger partial charge in [0.15, 0.2) is 0 Å². The topological polar surface area (TPSA) is 26.0 Å².